The maximum atomic E-state index is 12.7. The Morgan fingerprint density at radius 1 is 1.04 bits per heavy atom. The molecule has 6 heteroatoms. The fourth-order valence-electron chi connectivity index (χ4n) is 3.10. The molecular weight excluding hydrogens is 292 g/mol. The van der Waals surface area contributed by atoms with Gasteiger partial charge in [0.15, 0.2) is 6.10 Å². The maximum absolute atomic E-state index is 12.7. The van der Waals surface area contributed by atoms with Gasteiger partial charge in [-0.15, -0.1) is 0 Å². The van der Waals surface area contributed by atoms with E-state index in [9.17, 15) is 4.79 Å². The molecule has 0 unspecified atom stereocenters. The Labute approximate surface area is 134 Å². The summed E-state index contributed by atoms with van der Waals surface area (Å²) in [6, 6.07) is 9.66. The van der Waals surface area contributed by atoms with Gasteiger partial charge >= 0.3 is 0 Å². The van der Waals surface area contributed by atoms with Crippen molar-refractivity contribution in [3.8, 4) is 5.75 Å². The molecule has 0 bridgehead atoms. The molecule has 6 nitrogen and oxygen atoms in total. The van der Waals surface area contributed by atoms with Crippen molar-refractivity contribution in [2.45, 2.75) is 12.5 Å². The number of piperazine rings is 1. The average molecular weight is 310 g/mol. The van der Waals surface area contributed by atoms with E-state index >= 15 is 0 Å². The van der Waals surface area contributed by atoms with Gasteiger partial charge in [0.05, 0.1) is 0 Å². The smallest absolute Gasteiger partial charge is 0.264 e. The Morgan fingerprint density at radius 3 is 2.52 bits per heavy atom. The van der Waals surface area contributed by atoms with Crippen LogP contribution in [-0.4, -0.2) is 53.1 Å². The van der Waals surface area contributed by atoms with Gasteiger partial charge in [-0.3, -0.25) is 4.79 Å². The van der Waals surface area contributed by atoms with Crippen molar-refractivity contribution in [1.82, 2.24) is 14.9 Å². The molecule has 23 heavy (non-hydrogen) atoms. The Kier molecular flexibility index (Phi) is 3.57. The third kappa shape index (κ3) is 2.72. The van der Waals surface area contributed by atoms with E-state index in [-0.39, 0.29) is 12.0 Å². The zero-order valence-corrected chi connectivity index (χ0v) is 12.8. The summed E-state index contributed by atoms with van der Waals surface area (Å²) in [5, 5.41) is 0. The SMILES string of the molecule is O=C([C@H]1Cc2ccccc2O1)N1CCN(c2ncccn2)CC1. The molecule has 1 atom stereocenters. The Bertz CT molecular complexity index is 674. The predicted octanol–water partition coefficient (Wildman–Crippen LogP) is 1.13. The number of fused-ring (bicyclic) bond motifs is 1. The molecule has 118 valence electrons. The lowest BCUT2D eigenvalue weighted by Crippen LogP contribution is -2.52. The normalized spacial score (nSPS) is 20.1. The quantitative estimate of drug-likeness (QED) is 0.832. The third-order valence-electron chi connectivity index (χ3n) is 4.35. The number of carbonyl (C=O) groups is 1. The monoisotopic (exact) mass is 310 g/mol. The van der Waals surface area contributed by atoms with Crippen molar-refractivity contribution in [2.75, 3.05) is 31.1 Å². The first-order valence-corrected chi connectivity index (χ1v) is 7.86. The van der Waals surface area contributed by atoms with E-state index in [1.807, 2.05) is 29.2 Å². The van der Waals surface area contributed by atoms with Gasteiger partial charge in [-0.1, -0.05) is 18.2 Å². The fraction of sp³-hybridized carbons (Fsp3) is 0.353. The molecule has 0 radical (unpaired) electrons. The van der Waals surface area contributed by atoms with Crippen LogP contribution in [0.5, 0.6) is 5.75 Å². The molecule has 0 spiro atoms. The van der Waals surface area contributed by atoms with E-state index in [1.54, 1.807) is 18.5 Å². The highest BCUT2D eigenvalue weighted by molar-refractivity contribution is 5.83. The van der Waals surface area contributed by atoms with Crippen LogP contribution in [0.4, 0.5) is 5.95 Å². The summed E-state index contributed by atoms with van der Waals surface area (Å²) >= 11 is 0. The molecule has 1 saturated heterocycles. The molecule has 0 saturated carbocycles. The number of hydrogen-bond donors (Lipinski definition) is 0. The van der Waals surface area contributed by atoms with Crippen LogP contribution < -0.4 is 9.64 Å². The molecule has 0 aliphatic carbocycles. The van der Waals surface area contributed by atoms with E-state index in [1.165, 1.54) is 0 Å². The molecule has 0 N–H and O–H groups in total. The molecular formula is C17H18N4O2. The number of amides is 1. The lowest BCUT2D eigenvalue weighted by Gasteiger charge is -2.35. The minimum atomic E-state index is -0.382. The lowest BCUT2D eigenvalue weighted by atomic mass is 10.1. The summed E-state index contributed by atoms with van der Waals surface area (Å²) in [6.45, 7) is 2.84. The second kappa shape index (κ2) is 5.87. The Balaban J connectivity index is 1.37. The molecule has 1 amide bonds. The van der Waals surface area contributed by atoms with Crippen molar-refractivity contribution in [2.24, 2.45) is 0 Å². The summed E-state index contributed by atoms with van der Waals surface area (Å²) < 4.78 is 5.80. The van der Waals surface area contributed by atoms with Crippen molar-refractivity contribution in [1.29, 1.82) is 0 Å². The first-order chi connectivity index (χ1) is 11.3. The highest BCUT2D eigenvalue weighted by Crippen LogP contribution is 2.29. The third-order valence-corrected chi connectivity index (χ3v) is 4.35. The van der Waals surface area contributed by atoms with Crippen LogP contribution >= 0.6 is 0 Å². The van der Waals surface area contributed by atoms with Crippen LogP contribution in [0.1, 0.15) is 5.56 Å². The van der Waals surface area contributed by atoms with Gasteiger partial charge in [0.25, 0.3) is 5.91 Å². The highest BCUT2D eigenvalue weighted by atomic mass is 16.5. The number of hydrogen-bond acceptors (Lipinski definition) is 5. The predicted molar refractivity (Wildman–Crippen MR) is 85.4 cm³/mol. The molecule has 2 aliphatic rings. The van der Waals surface area contributed by atoms with E-state index in [2.05, 4.69) is 14.9 Å². The maximum Gasteiger partial charge on any atom is 0.264 e. The molecule has 3 heterocycles. The van der Waals surface area contributed by atoms with Gasteiger partial charge in [0, 0.05) is 45.0 Å². The first-order valence-electron chi connectivity index (χ1n) is 7.86. The summed E-state index contributed by atoms with van der Waals surface area (Å²) in [5.74, 6) is 1.64. The van der Waals surface area contributed by atoms with Gasteiger partial charge in [0.1, 0.15) is 5.75 Å². The second-order valence-electron chi connectivity index (χ2n) is 5.78. The van der Waals surface area contributed by atoms with Crippen molar-refractivity contribution in [3.05, 3.63) is 48.3 Å². The minimum absolute atomic E-state index is 0.0785. The summed E-state index contributed by atoms with van der Waals surface area (Å²) in [7, 11) is 0. The topological polar surface area (TPSA) is 58.6 Å². The standard InChI is InChI=1S/C17H18N4O2/c22-16(15-12-13-4-1-2-5-14(13)23-15)20-8-10-21(11-9-20)17-18-6-3-7-19-17/h1-7,15H,8-12H2/t15-/m1/s1. The number of nitrogens with zero attached hydrogens (tertiary/aromatic N) is 4. The fourth-order valence-corrected chi connectivity index (χ4v) is 3.10. The molecule has 2 aromatic rings. The lowest BCUT2D eigenvalue weighted by molar-refractivity contribution is -0.138. The number of aromatic nitrogens is 2. The van der Waals surface area contributed by atoms with Gasteiger partial charge < -0.3 is 14.5 Å². The van der Waals surface area contributed by atoms with Crippen LogP contribution in [0.25, 0.3) is 0 Å². The number of carbonyl (C=O) groups excluding carboxylic acids is 1. The number of para-hydroxylation sites is 1. The van der Waals surface area contributed by atoms with Gasteiger partial charge in [-0.2, -0.15) is 0 Å². The molecule has 1 aromatic carbocycles. The highest BCUT2D eigenvalue weighted by Gasteiger charge is 2.33. The van der Waals surface area contributed by atoms with Gasteiger partial charge in [0.2, 0.25) is 5.95 Å². The average Bonchev–Trinajstić information content (AvgIpc) is 3.06. The molecule has 4 rings (SSSR count). The second-order valence-corrected chi connectivity index (χ2v) is 5.78. The number of benzene rings is 1. The van der Waals surface area contributed by atoms with Crippen LogP contribution in [0.2, 0.25) is 0 Å². The zero-order chi connectivity index (χ0) is 15.6. The van der Waals surface area contributed by atoms with Crippen molar-refractivity contribution in [3.63, 3.8) is 0 Å². The van der Waals surface area contributed by atoms with Crippen molar-refractivity contribution < 1.29 is 9.53 Å². The van der Waals surface area contributed by atoms with Crippen molar-refractivity contribution >= 4 is 11.9 Å². The molecule has 2 aliphatic heterocycles. The summed E-state index contributed by atoms with van der Waals surface area (Å²) in [5.41, 5.74) is 1.11. The summed E-state index contributed by atoms with van der Waals surface area (Å²) in [6.07, 6.45) is 3.76. The summed E-state index contributed by atoms with van der Waals surface area (Å²) in [4.78, 5) is 25.2. The first kappa shape index (κ1) is 14.0. The van der Waals surface area contributed by atoms with Crippen LogP contribution in [0, 0.1) is 0 Å². The van der Waals surface area contributed by atoms with E-state index in [0.717, 1.165) is 30.4 Å². The molecule has 1 aromatic heterocycles. The van der Waals surface area contributed by atoms with Crippen LogP contribution in [-0.2, 0) is 11.2 Å². The van der Waals surface area contributed by atoms with Gasteiger partial charge in [-0.25, -0.2) is 9.97 Å². The van der Waals surface area contributed by atoms with Gasteiger partial charge in [-0.05, 0) is 17.7 Å². The van der Waals surface area contributed by atoms with E-state index in [0.29, 0.717) is 19.5 Å². The van der Waals surface area contributed by atoms with Crippen LogP contribution in [0.3, 0.4) is 0 Å². The number of anilines is 1. The minimum Gasteiger partial charge on any atom is -0.480 e. The van der Waals surface area contributed by atoms with E-state index < -0.39 is 0 Å². The Hall–Kier alpha value is -2.63. The molecule has 1 fully saturated rings. The van der Waals surface area contributed by atoms with E-state index in [4.69, 9.17) is 4.74 Å². The largest absolute Gasteiger partial charge is 0.480 e. The van der Waals surface area contributed by atoms with Crippen LogP contribution in [0.15, 0.2) is 42.7 Å². The number of ether oxygens (including phenoxy) is 1. The Morgan fingerprint density at radius 2 is 1.78 bits per heavy atom. The zero-order valence-electron chi connectivity index (χ0n) is 12.8. The number of rotatable bonds is 2.